The molecule has 1 saturated carbocycles. The molecule has 3 rings (SSSR count). The fraction of sp³-hybridized carbons (Fsp3) is 0.593. The van der Waals surface area contributed by atoms with Crippen LogP contribution in [-0.4, -0.2) is 72.4 Å². The van der Waals surface area contributed by atoms with E-state index in [1.807, 2.05) is 0 Å². The summed E-state index contributed by atoms with van der Waals surface area (Å²) in [6.45, 7) is 3.29. The van der Waals surface area contributed by atoms with Crippen molar-refractivity contribution in [3.63, 3.8) is 0 Å². The largest absolute Gasteiger partial charge is 0.467 e. The van der Waals surface area contributed by atoms with Crippen LogP contribution in [0.3, 0.4) is 0 Å². The lowest BCUT2D eigenvalue weighted by Crippen LogP contribution is -2.64. The maximum Gasteiger partial charge on any atom is 0.339 e. The molecule has 1 heterocycles. The first-order chi connectivity index (χ1) is 18.5. The third-order valence-corrected chi connectivity index (χ3v) is 6.69. The topological polar surface area (TPSA) is 168 Å². The second-order valence-electron chi connectivity index (χ2n) is 9.58. The van der Waals surface area contributed by atoms with E-state index in [-0.39, 0.29) is 5.75 Å². The lowest BCUT2D eigenvalue weighted by molar-refractivity contribution is -0.282. The van der Waals surface area contributed by atoms with Gasteiger partial charge >= 0.3 is 23.9 Å². The van der Waals surface area contributed by atoms with Crippen molar-refractivity contribution in [2.45, 2.75) is 95.1 Å². The molecule has 6 atom stereocenters. The van der Waals surface area contributed by atoms with Crippen molar-refractivity contribution in [2.24, 2.45) is 0 Å². The summed E-state index contributed by atoms with van der Waals surface area (Å²) in [7, 11) is 1.09. The van der Waals surface area contributed by atoms with Crippen molar-refractivity contribution >= 4 is 23.9 Å². The van der Waals surface area contributed by atoms with Crippen LogP contribution in [0.5, 0.6) is 5.75 Å². The molecule has 12 heteroatoms. The molecule has 1 aliphatic carbocycles. The minimum absolute atomic E-state index is 0.198. The Morgan fingerprint density at radius 3 is 1.97 bits per heavy atom. The standard InChI is InChI=1S/C27H33NO11/c1-15(29)35-21-22(36-16(2)30)24(37-17(3)31)26(39-23(21)25(32)34-4)38-19-10-8-18(9-11-19)20(14-28)27(33)12-6-5-7-13-27/h8-11,20-24,26,33H,5-7,12-13H2,1-4H3/t20-,21+,22+,23+,24-,26-/m1/s1. The summed E-state index contributed by atoms with van der Waals surface area (Å²) < 4.78 is 32.4. The van der Waals surface area contributed by atoms with Gasteiger partial charge in [-0.05, 0) is 30.5 Å². The van der Waals surface area contributed by atoms with E-state index in [1.54, 1.807) is 12.1 Å². The van der Waals surface area contributed by atoms with E-state index < -0.39 is 66.1 Å². The Labute approximate surface area is 226 Å². The number of ether oxygens (including phenoxy) is 6. The Bertz CT molecular complexity index is 1090. The van der Waals surface area contributed by atoms with Crippen molar-refractivity contribution in [1.29, 1.82) is 5.26 Å². The monoisotopic (exact) mass is 547 g/mol. The maximum absolute atomic E-state index is 12.6. The zero-order chi connectivity index (χ0) is 28.7. The van der Waals surface area contributed by atoms with Gasteiger partial charge in [0.2, 0.25) is 12.4 Å². The minimum Gasteiger partial charge on any atom is -0.467 e. The number of esters is 4. The van der Waals surface area contributed by atoms with Crippen LogP contribution < -0.4 is 4.74 Å². The molecule has 0 unspecified atom stereocenters. The normalized spacial score (nSPS) is 26.7. The Morgan fingerprint density at radius 2 is 1.46 bits per heavy atom. The number of hydrogen-bond acceptors (Lipinski definition) is 12. The number of aliphatic hydroxyl groups is 1. The molecule has 1 aliphatic heterocycles. The molecule has 0 amide bonds. The van der Waals surface area contributed by atoms with Crippen molar-refractivity contribution in [2.75, 3.05) is 7.11 Å². The first-order valence-electron chi connectivity index (χ1n) is 12.6. The molecule has 0 radical (unpaired) electrons. The number of rotatable bonds is 8. The maximum atomic E-state index is 12.6. The van der Waals surface area contributed by atoms with Gasteiger partial charge in [-0.1, -0.05) is 31.4 Å². The Balaban J connectivity index is 1.92. The SMILES string of the molecule is COC(=O)[C@H]1O[C@@H](Oc2ccc([C@@H](C#N)C3(O)CCCCC3)cc2)[C@H](OC(C)=O)[C@@H](OC(C)=O)[C@@H]1OC(C)=O. The van der Waals surface area contributed by atoms with Crippen LogP contribution in [0, 0.1) is 11.3 Å². The molecule has 2 fully saturated rings. The number of nitrogens with zero attached hydrogens (tertiary/aromatic N) is 1. The fourth-order valence-electron chi connectivity index (χ4n) is 5.01. The Kier molecular flexibility index (Phi) is 9.88. The van der Waals surface area contributed by atoms with Gasteiger partial charge in [-0.15, -0.1) is 0 Å². The molecule has 0 aromatic heterocycles. The molecule has 1 aromatic carbocycles. The van der Waals surface area contributed by atoms with Crippen molar-refractivity contribution in [3.8, 4) is 11.8 Å². The molecule has 12 nitrogen and oxygen atoms in total. The van der Waals surface area contributed by atoms with Gasteiger partial charge in [0.1, 0.15) is 5.75 Å². The van der Waals surface area contributed by atoms with Gasteiger partial charge in [-0.2, -0.15) is 5.26 Å². The summed E-state index contributed by atoms with van der Waals surface area (Å²) in [6.07, 6.45) is -3.74. The highest BCUT2D eigenvalue weighted by Crippen LogP contribution is 2.40. The van der Waals surface area contributed by atoms with Gasteiger partial charge in [0.25, 0.3) is 0 Å². The molecule has 39 heavy (non-hydrogen) atoms. The first kappa shape index (κ1) is 29.9. The summed E-state index contributed by atoms with van der Waals surface area (Å²) >= 11 is 0. The third-order valence-electron chi connectivity index (χ3n) is 6.69. The molecular formula is C27H33NO11. The molecule has 212 valence electrons. The Morgan fingerprint density at radius 1 is 0.923 bits per heavy atom. The number of hydrogen-bond donors (Lipinski definition) is 1. The summed E-state index contributed by atoms with van der Waals surface area (Å²) in [6, 6.07) is 8.54. The van der Waals surface area contributed by atoms with Crippen LogP contribution in [0.25, 0.3) is 0 Å². The molecule has 1 aromatic rings. The predicted molar refractivity (Wildman–Crippen MR) is 131 cm³/mol. The van der Waals surface area contributed by atoms with Gasteiger partial charge in [0.15, 0.2) is 18.3 Å². The lowest BCUT2D eigenvalue weighted by Gasteiger charge is -2.43. The zero-order valence-electron chi connectivity index (χ0n) is 22.3. The molecule has 0 spiro atoms. The van der Waals surface area contributed by atoms with E-state index in [0.717, 1.165) is 47.1 Å². The quantitative estimate of drug-likeness (QED) is 0.372. The number of benzene rings is 1. The Hall–Kier alpha value is -3.69. The summed E-state index contributed by atoms with van der Waals surface area (Å²) in [5.74, 6) is -3.87. The number of carbonyl (C=O) groups is 4. The lowest BCUT2D eigenvalue weighted by atomic mass is 9.73. The van der Waals surface area contributed by atoms with E-state index in [4.69, 9.17) is 28.4 Å². The van der Waals surface area contributed by atoms with Gasteiger partial charge in [-0.25, -0.2) is 4.79 Å². The van der Waals surface area contributed by atoms with Gasteiger partial charge < -0.3 is 33.5 Å². The van der Waals surface area contributed by atoms with E-state index in [9.17, 15) is 29.5 Å². The first-order valence-corrected chi connectivity index (χ1v) is 12.6. The van der Waals surface area contributed by atoms with E-state index >= 15 is 0 Å². The molecule has 0 bridgehead atoms. The predicted octanol–water partition coefficient (Wildman–Crippen LogP) is 2.06. The number of methoxy groups -OCH3 is 1. The molecule has 2 aliphatic rings. The second-order valence-corrected chi connectivity index (χ2v) is 9.58. The molecular weight excluding hydrogens is 514 g/mol. The van der Waals surface area contributed by atoms with Crippen LogP contribution in [0.2, 0.25) is 0 Å². The zero-order valence-corrected chi connectivity index (χ0v) is 22.3. The molecule has 1 saturated heterocycles. The van der Waals surface area contributed by atoms with Crippen molar-refractivity contribution in [1.82, 2.24) is 0 Å². The van der Waals surface area contributed by atoms with Crippen LogP contribution in [-0.2, 0) is 42.9 Å². The van der Waals surface area contributed by atoms with Crippen molar-refractivity contribution < 1.29 is 52.7 Å². The average Bonchev–Trinajstić information content (AvgIpc) is 2.87. The van der Waals surface area contributed by atoms with Gasteiger partial charge in [-0.3, -0.25) is 14.4 Å². The third kappa shape index (κ3) is 7.25. The smallest absolute Gasteiger partial charge is 0.339 e. The number of nitriles is 1. The van der Waals surface area contributed by atoms with Crippen LogP contribution in [0.1, 0.15) is 64.4 Å². The van der Waals surface area contributed by atoms with Crippen LogP contribution in [0.4, 0.5) is 0 Å². The summed E-state index contributed by atoms with van der Waals surface area (Å²) in [5.41, 5.74) is -0.533. The summed E-state index contributed by atoms with van der Waals surface area (Å²) in [5, 5.41) is 20.9. The van der Waals surface area contributed by atoms with Crippen LogP contribution >= 0.6 is 0 Å². The molecule has 1 N–H and O–H groups in total. The van der Waals surface area contributed by atoms with Gasteiger partial charge in [0.05, 0.1) is 24.7 Å². The van der Waals surface area contributed by atoms with E-state index in [0.29, 0.717) is 18.4 Å². The number of carbonyl (C=O) groups excluding carboxylic acids is 4. The van der Waals surface area contributed by atoms with Crippen molar-refractivity contribution in [3.05, 3.63) is 29.8 Å². The fourth-order valence-corrected chi connectivity index (χ4v) is 5.01. The average molecular weight is 548 g/mol. The summed E-state index contributed by atoms with van der Waals surface area (Å²) in [4.78, 5) is 48.2. The minimum atomic E-state index is -1.58. The highest BCUT2D eigenvalue weighted by molar-refractivity contribution is 5.77. The van der Waals surface area contributed by atoms with E-state index in [1.165, 1.54) is 12.1 Å². The second kappa shape index (κ2) is 12.9. The van der Waals surface area contributed by atoms with Crippen LogP contribution in [0.15, 0.2) is 24.3 Å². The highest BCUT2D eigenvalue weighted by atomic mass is 16.7. The van der Waals surface area contributed by atoms with E-state index in [2.05, 4.69) is 6.07 Å². The highest BCUT2D eigenvalue weighted by Gasteiger charge is 2.55. The van der Waals surface area contributed by atoms with Gasteiger partial charge in [0, 0.05) is 20.8 Å².